The molecule has 1 aromatic rings. The lowest BCUT2D eigenvalue weighted by molar-refractivity contribution is 0.164. The molecule has 100 valence electrons. The minimum absolute atomic E-state index is 0.122. The second-order valence-corrected chi connectivity index (χ2v) is 7.71. The normalized spacial score (nSPS) is 24.7. The summed E-state index contributed by atoms with van der Waals surface area (Å²) in [4.78, 5) is 0. The zero-order valence-electron chi connectivity index (χ0n) is 9.64. The van der Waals surface area contributed by atoms with Crippen LogP contribution >= 0.6 is 15.9 Å². The number of aliphatic hydroxyl groups is 1. The first-order chi connectivity index (χ1) is 8.42. The molecule has 0 saturated carbocycles. The molecule has 1 aromatic carbocycles. The van der Waals surface area contributed by atoms with Crippen molar-refractivity contribution in [3.8, 4) is 0 Å². The van der Waals surface area contributed by atoms with Crippen LogP contribution in [-0.4, -0.2) is 24.5 Å². The Morgan fingerprint density at radius 2 is 2.11 bits per heavy atom. The van der Waals surface area contributed by atoms with Gasteiger partial charge in [-0.2, -0.15) is 0 Å². The first-order valence-corrected chi connectivity index (χ1v) is 8.27. The van der Waals surface area contributed by atoms with Gasteiger partial charge < -0.3 is 5.11 Å². The Labute approximate surface area is 114 Å². The van der Waals surface area contributed by atoms with Gasteiger partial charge in [0.25, 0.3) is 0 Å². The van der Waals surface area contributed by atoms with Crippen LogP contribution in [0.3, 0.4) is 0 Å². The molecule has 1 fully saturated rings. The highest BCUT2D eigenvalue weighted by atomic mass is 79.9. The van der Waals surface area contributed by atoms with Gasteiger partial charge in [-0.05, 0) is 46.5 Å². The van der Waals surface area contributed by atoms with Crippen molar-refractivity contribution in [3.63, 3.8) is 0 Å². The molecule has 0 aromatic heterocycles. The van der Waals surface area contributed by atoms with Crippen LogP contribution in [0.1, 0.15) is 30.9 Å². The van der Waals surface area contributed by atoms with Crippen LogP contribution in [0.4, 0.5) is 4.39 Å². The van der Waals surface area contributed by atoms with E-state index in [2.05, 4.69) is 15.9 Å². The Morgan fingerprint density at radius 3 is 2.72 bits per heavy atom. The van der Waals surface area contributed by atoms with Gasteiger partial charge in [-0.15, -0.1) is 0 Å². The lowest BCUT2D eigenvalue weighted by Crippen LogP contribution is -2.33. The van der Waals surface area contributed by atoms with Gasteiger partial charge in [0, 0.05) is 0 Å². The van der Waals surface area contributed by atoms with E-state index in [1.807, 2.05) is 0 Å². The van der Waals surface area contributed by atoms with Crippen molar-refractivity contribution < 1.29 is 17.9 Å². The van der Waals surface area contributed by atoms with Gasteiger partial charge in [-0.1, -0.05) is 12.5 Å². The lowest BCUT2D eigenvalue weighted by Gasteiger charge is -2.27. The molecule has 1 N–H and O–H groups in total. The average Bonchev–Trinajstić information content (AvgIpc) is 2.31. The standard InChI is InChI=1S/C12H14BrFO3S/c13-9-7-8(4-5-10(9)14)12(15)11-3-1-2-6-18(11,16)17/h4-5,7,11-12,15H,1-3,6H2. The smallest absolute Gasteiger partial charge is 0.156 e. The fourth-order valence-electron chi connectivity index (χ4n) is 2.24. The van der Waals surface area contributed by atoms with E-state index in [4.69, 9.17) is 0 Å². The summed E-state index contributed by atoms with van der Waals surface area (Å²) in [5.41, 5.74) is 0.429. The van der Waals surface area contributed by atoms with Gasteiger partial charge in [0.2, 0.25) is 0 Å². The van der Waals surface area contributed by atoms with Crippen molar-refractivity contribution in [2.24, 2.45) is 0 Å². The van der Waals surface area contributed by atoms with E-state index < -0.39 is 27.0 Å². The first kappa shape index (κ1) is 14.0. The molecule has 2 atom stereocenters. The van der Waals surface area contributed by atoms with E-state index in [0.29, 0.717) is 18.4 Å². The highest BCUT2D eigenvalue weighted by Crippen LogP contribution is 2.32. The zero-order chi connectivity index (χ0) is 13.3. The Kier molecular flexibility index (Phi) is 4.08. The highest BCUT2D eigenvalue weighted by molar-refractivity contribution is 9.10. The summed E-state index contributed by atoms with van der Waals surface area (Å²) in [6.07, 6.45) is 0.813. The third kappa shape index (κ3) is 2.75. The Hall–Kier alpha value is -0.460. The average molecular weight is 337 g/mol. The molecule has 2 rings (SSSR count). The zero-order valence-corrected chi connectivity index (χ0v) is 12.0. The van der Waals surface area contributed by atoms with E-state index in [0.717, 1.165) is 6.42 Å². The maximum absolute atomic E-state index is 13.1. The second kappa shape index (κ2) is 5.27. The molecule has 6 heteroatoms. The molecule has 1 aliphatic rings. The number of benzene rings is 1. The first-order valence-electron chi connectivity index (χ1n) is 5.76. The summed E-state index contributed by atoms with van der Waals surface area (Å²) in [6.45, 7) is 0. The Bertz CT molecular complexity index is 544. The van der Waals surface area contributed by atoms with Crippen LogP contribution < -0.4 is 0 Å². The van der Waals surface area contributed by atoms with Gasteiger partial charge in [0.1, 0.15) is 5.82 Å². The molecule has 0 aliphatic carbocycles. The van der Waals surface area contributed by atoms with Gasteiger partial charge in [0.05, 0.1) is 21.6 Å². The van der Waals surface area contributed by atoms with Crippen molar-refractivity contribution in [1.29, 1.82) is 0 Å². The summed E-state index contributed by atoms with van der Waals surface area (Å²) >= 11 is 3.03. The maximum Gasteiger partial charge on any atom is 0.156 e. The highest BCUT2D eigenvalue weighted by Gasteiger charge is 2.35. The number of halogens is 2. The molecule has 0 radical (unpaired) electrons. The molecule has 18 heavy (non-hydrogen) atoms. The van der Waals surface area contributed by atoms with E-state index in [1.165, 1.54) is 18.2 Å². The number of aliphatic hydroxyl groups excluding tert-OH is 1. The molecule has 1 aliphatic heterocycles. The van der Waals surface area contributed by atoms with Crippen molar-refractivity contribution in [2.75, 3.05) is 5.75 Å². The molecule has 0 amide bonds. The van der Waals surface area contributed by atoms with E-state index in [1.54, 1.807) is 0 Å². The van der Waals surface area contributed by atoms with Crippen molar-refractivity contribution >= 4 is 25.8 Å². The number of hydrogen-bond acceptors (Lipinski definition) is 3. The van der Waals surface area contributed by atoms with Gasteiger partial charge >= 0.3 is 0 Å². The number of sulfone groups is 1. The van der Waals surface area contributed by atoms with Crippen molar-refractivity contribution in [3.05, 3.63) is 34.1 Å². The van der Waals surface area contributed by atoms with E-state index in [9.17, 15) is 17.9 Å². The second-order valence-electron chi connectivity index (χ2n) is 4.52. The molecular formula is C12H14BrFO3S. The number of hydrogen-bond donors (Lipinski definition) is 1. The summed E-state index contributed by atoms with van der Waals surface area (Å²) < 4.78 is 37.1. The van der Waals surface area contributed by atoms with Crippen LogP contribution in [0.5, 0.6) is 0 Å². The van der Waals surface area contributed by atoms with E-state index in [-0.39, 0.29) is 10.2 Å². The van der Waals surface area contributed by atoms with Crippen LogP contribution in [0.15, 0.2) is 22.7 Å². The third-order valence-electron chi connectivity index (χ3n) is 3.27. The summed E-state index contributed by atoms with van der Waals surface area (Å²) in [7, 11) is -3.25. The molecule has 0 bridgehead atoms. The van der Waals surface area contributed by atoms with Gasteiger partial charge in [-0.3, -0.25) is 0 Å². The monoisotopic (exact) mass is 336 g/mol. The molecule has 1 saturated heterocycles. The Balaban J connectivity index is 2.30. The minimum atomic E-state index is -3.25. The van der Waals surface area contributed by atoms with Crippen LogP contribution in [0, 0.1) is 5.82 Å². The van der Waals surface area contributed by atoms with Crippen molar-refractivity contribution in [2.45, 2.75) is 30.6 Å². The summed E-state index contributed by atoms with van der Waals surface area (Å²) in [5.74, 6) is -0.311. The number of rotatable bonds is 2. The van der Waals surface area contributed by atoms with Gasteiger partial charge in [0.15, 0.2) is 9.84 Å². The largest absolute Gasteiger partial charge is 0.387 e. The van der Waals surface area contributed by atoms with Crippen LogP contribution in [0.2, 0.25) is 0 Å². The Morgan fingerprint density at radius 1 is 1.39 bits per heavy atom. The SMILES string of the molecule is O=S1(=O)CCCCC1C(O)c1ccc(F)c(Br)c1. The molecular weight excluding hydrogens is 323 g/mol. The topological polar surface area (TPSA) is 54.4 Å². The van der Waals surface area contributed by atoms with Crippen LogP contribution in [-0.2, 0) is 9.84 Å². The maximum atomic E-state index is 13.1. The predicted octanol–water partition coefficient (Wildman–Crippen LogP) is 2.59. The summed E-state index contributed by atoms with van der Waals surface area (Å²) in [5, 5.41) is 9.40. The molecule has 3 nitrogen and oxygen atoms in total. The third-order valence-corrected chi connectivity index (χ3v) is 6.15. The van der Waals surface area contributed by atoms with E-state index >= 15 is 0 Å². The van der Waals surface area contributed by atoms with Gasteiger partial charge in [-0.25, -0.2) is 12.8 Å². The summed E-state index contributed by atoms with van der Waals surface area (Å²) in [6, 6.07) is 4.08. The fraction of sp³-hybridized carbons (Fsp3) is 0.500. The fourth-order valence-corrected chi connectivity index (χ4v) is 4.63. The van der Waals surface area contributed by atoms with Crippen molar-refractivity contribution in [1.82, 2.24) is 0 Å². The lowest BCUT2D eigenvalue weighted by atomic mass is 10.0. The molecule has 1 heterocycles. The molecule has 0 spiro atoms. The quantitative estimate of drug-likeness (QED) is 0.903. The predicted molar refractivity (Wildman–Crippen MR) is 70.5 cm³/mol. The minimum Gasteiger partial charge on any atom is -0.387 e. The van der Waals surface area contributed by atoms with Crippen LogP contribution in [0.25, 0.3) is 0 Å². The molecule has 2 unspecified atom stereocenters.